The smallest absolute Gasteiger partial charge is 0.337 e. The zero-order valence-corrected chi connectivity index (χ0v) is 21.9. The van der Waals surface area contributed by atoms with Crippen molar-refractivity contribution in [3.63, 3.8) is 0 Å². The molecular weight excluding hydrogens is 557 g/mol. The average Bonchev–Trinajstić information content (AvgIpc) is 3.24. The number of anilines is 1. The first-order chi connectivity index (χ1) is 17.1. The van der Waals surface area contributed by atoms with Crippen molar-refractivity contribution in [2.24, 2.45) is 5.10 Å². The van der Waals surface area contributed by atoms with E-state index in [-0.39, 0.29) is 18.0 Å². The number of likely N-dealkylation sites (tertiary alicyclic amines) is 1. The summed E-state index contributed by atoms with van der Waals surface area (Å²) in [6.07, 6.45) is 8.70. The highest BCUT2D eigenvalue weighted by Gasteiger charge is 2.33. The van der Waals surface area contributed by atoms with Crippen molar-refractivity contribution < 1.29 is 9.59 Å². The van der Waals surface area contributed by atoms with Gasteiger partial charge in [0.1, 0.15) is 5.69 Å². The van der Waals surface area contributed by atoms with Crippen LogP contribution in [0.25, 0.3) is 0 Å². The van der Waals surface area contributed by atoms with Gasteiger partial charge in [0, 0.05) is 58.1 Å². The highest BCUT2D eigenvalue weighted by atomic mass is 127. The van der Waals surface area contributed by atoms with Crippen molar-refractivity contribution in [2.75, 3.05) is 44.2 Å². The molecule has 3 aliphatic rings. The Labute approximate surface area is 219 Å². The summed E-state index contributed by atoms with van der Waals surface area (Å²) in [4.78, 5) is 41.5. The van der Waals surface area contributed by atoms with Crippen LogP contribution in [-0.2, 0) is 0 Å². The highest BCUT2D eigenvalue weighted by molar-refractivity contribution is 14.1. The molecule has 2 saturated heterocycles. The van der Waals surface area contributed by atoms with Crippen LogP contribution in [0.5, 0.6) is 0 Å². The van der Waals surface area contributed by atoms with Gasteiger partial charge < -0.3 is 14.7 Å². The Morgan fingerprint density at radius 3 is 2.31 bits per heavy atom. The summed E-state index contributed by atoms with van der Waals surface area (Å²) in [6.45, 7) is 3.90. The third kappa shape index (κ3) is 5.26. The van der Waals surface area contributed by atoms with Gasteiger partial charge >= 0.3 is 6.03 Å². The van der Waals surface area contributed by atoms with E-state index in [1.54, 1.807) is 11.2 Å². The molecule has 3 aliphatic heterocycles. The molecule has 10 heteroatoms. The maximum absolute atomic E-state index is 13.3. The zero-order valence-electron chi connectivity index (χ0n) is 19.7. The van der Waals surface area contributed by atoms with Crippen LogP contribution >= 0.6 is 22.6 Å². The number of halogens is 1. The molecule has 0 aliphatic carbocycles. The van der Waals surface area contributed by atoms with Crippen LogP contribution in [0.1, 0.15) is 54.2 Å². The molecule has 35 heavy (non-hydrogen) atoms. The van der Waals surface area contributed by atoms with Crippen LogP contribution < -0.4 is 4.90 Å². The number of carbonyl (C=O) groups excluding carboxylic acids is 2. The molecule has 0 bridgehead atoms. The van der Waals surface area contributed by atoms with Crippen LogP contribution in [0.15, 0.2) is 41.6 Å². The van der Waals surface area contributed by atoms with Gasteiger partial charge in [-0.25, -0.2) is 19.8 Å². The normalized spacial score (nSPS) is 20.8. The highest BCUT2D eigenvalue weighted by Crippen LogP contribution is 2.29. The van der Waals surface area contributed by atoms with Crippen LogP contribution in [0.2, 0.25) is 0 Å². The van der Waals surface area contributed by atoms with Crippen molar-refractivity contribution in [1.82, 2.24) is 24.8 Å². The Balaban J connectivity index is 1.23. The molecule has 0 spiro atoms. The van der Waals surface area contributed by atoms with Gasteiger partial charge in [0.2, 0.25) is 5.95 Å². The topological polar surface area (TPSA) is 85.2 Å². The molecule has 184 valence electrons. The van der Waals surface area contributed by atoms with Gasteiger partial charge in [-0.1, -0.05) is 43.2 Å². The lowest BCUT2D eigenvalue weighted by Gasteiger charge is -2.37. The number of piperazine rings is 1. The average molecular weight is 587 g/mol. The lowest BCUT2D eigenvalue weighted by Crippen LogP contribution is -2.52. The number of rotatable bonds is 3. The third-order valence-corrected chi connectivity index (χ3v) is 7.66. The second-order valence-corrected chi connectivity index (χ2v) is 10.3. The molecule has 4 heterocycles. The number of nitrogens with zero attached hydrogens (tertiary/aromatic N) is 7. The molecule has 5 rings (SSSR count). The molecule has 2 fully saturated rings. The molecule has 2 aromatic rings. The number of amides is 3. The number of hydrogen-bond acceptors (Lipinski definition) is 6. The Kier molecular flexibility index (Phi) is 7.45. The molecule has 0 saturated carbocycles. The minimum atomic E-state index is -0.0761. The summed E-state index contributed by atoms with van der Waals surface area (Å²) in [5, 5.41) is 5.97. The Hall–Kier alpha value is -2.76. The van der Waals surface area contributed by atoms with E-state index in [1.165, 1.54) is 12.8 Å². The lowest BCUT2D eigenvalue weighted by atomic mass is 10.1. The van der Waals surface area contributed by atoms with E-state index in [4.69, 9.17) is 0 Å². The van der Waals surface area contributed by atoms with E-state index < -0.39 is 0 Å². The number of benzene rings is 1. The molecule has 9 nitrogen and oxygen atoms in total. The van der Waals surface area contributed by atoms with Crippen molar-refractivity contribution in [3.8, 4) is 0 Å². The second kappa shape index (κ2) is 10.9. The number of hydrazone groups is 1. The molecule has 1 aromatic heterocycles. The molecule has 0 N–H and O–H groups in total. The van der Waals surface area contributed by atoms with Gasteiger partial charge in [0.25, 0.3) is 5.91 Å². The van der Waals surface area contributed by atoms with Crippen molar-refractivity contribution >= 4 is 46.7 Å². The van der Waals surface area contributed by atoms with Gasteiger partial charge in [-0.05, 0) is 41.0 Å². The fraction of sp³-hybridized carbons (Fsp3) is 0.480. The molecule has 1 aromatic carbocycles. The third-order valence-electron chi connectivity index (χ3n) is 6.87. The van der Waals surface area contributed by atoms with Crippen molar-refractivity contribution in [2.45, 2.75) is 38.1 Å². The number of urea groups is 1. The largest absolute Gasteiger partial charge is 0.341 e. The first kappa shape index (κ1) is 24.0. The van der Waals surface area contributed by atoms with Gasteiger partial charge in [0.05, 0.1) is 9.61 Å². The minimum Gasteiger partial charge on any atom is -0.337 e. The molecule has 3 amide bonds. The Bertz CT molecular complexity index is 1080. The summed E-state index contributed by atoms with van der Waals surface area (Å²) in [7, 11) is 0. The van der Waals surface area contributed by atoms with Crippen LogP contribution in [0.3, 0.4) is 0 Å². The molecule has 1 atom stereocenters. The van der Waals surface area contributed by atoms with E-state index in [2.05, 4.69) is 42.6 Å². The van der Waals surface area contributed by atoms with Crippen LogP contribution in [0.4, 0.5) is 10.7 Å². The summed E-state index contributed by atoms with van der Waals surface area (Å²) in [5.74, 6) is 0.546. The van der Waals surface area contributed by atoms with Crippen LogP contribution in [-0.4, -0.2) is 82.2 Å². The Morgan fingerprint density at radius 2 is 1.60 bits per heavy atom. The summed E-state index contributed by atoms with van der Waals surface area (Å²) < 4.78 is 0.772. The van der Waals surface area contributed by atoms with Crippen molar-refractivity contribution in [1.29, 1.82) is 0 Å². The summed E-state index contributed by atoms with van der Waals surface area (Å²) >= 11 is 2.15. The van der Waals surface area contributed by atoms with E-state index >= 15 is 0 Å². The molecular formula is C25H30IN7O2. The predicted molar refractivity (Wildman–Crippen MR) is 142 cm³/mol. The quantitative estimate of drug-likeness (QED) is 0.511. The lowest BCUT2D eigenvalue weighted by molar-refractivity contribution is 0.0754. The maximum Gasteiger partial charge on any atom is 0.341 e. The minimum absolute atomic E-state index is 0.00684. The number of hydrogen-bond donors (Lipinski definition) is 0. The monoisotopic (exact) mass is 587 g/mol. The van der Waals surface area contributed by atoms with E-state index in [9.17, 15) is 9.59 Å². The fourth-order valence-electron chi connectivity index (χ4n) is 4.88. The first-order valence-electron chi connectivity index (χ1n) is 12.3. The molecule has 1 unspecified atom stereocenters. The van der Waals surface area contributed by atoms with Crippen LogP contribution in [0, 0.1) is 3.57 Å². The van der Waals surface area contributed by atoms with E-state index in [0.717, 1.165) is 41.5 Å². The maximum atomic E-state index is 13.3. The number of aromatic nitrogens is 2. The summed E-state index contributed by atoms with van der Waals surface area (Å²) in [5.41, 5.74) is 1.57. The van der Waals surface area contributed by atoms with Gasteiger partial charge in [-0.2, -0.15) is 5.10 Å². The first-order valence-corrected chi connectivity index (χ1v) is 13.4. The van der Waals surface area contributed by atoms with Crippen molar-refractivity contribution in [3.05, 3.63) is 51.4 Å². The van der Waals surface area contributed by atoms with Gasteiger partial charge in [-0.15, -0.1) is 0 Å². The van der Waals surface area contributed by atoms with E-state index in [1.807, 2.05) is 46.3 Å². The predicted octanol–water partition coefficient (Wildman–Crippen LogP) is 3.77. The summed E-state index contributed by atoms with van der Waals surface area (Å²) in [6, 6.07) is 9.89. The standard InChI is InChI=1S/C25H30IN7O2/c26-20-18-27-24(29-22(20)23(34)30-12-6-1-2-7-13-30)31-14-16-32(17-15-31)25(35)33-21(10-11-28-33)19-8-4-3-5-9-19/h3-5,8-9,11,18,21H,1-2,6-7,10,12-17H2. The van der Waals surface area contributed by atoms with Gasteiger partial charge in [0.15, 0.2) is 0 Å². The number of carbonyl (C=O) groups is 2. The SMILES string of the molecule is O=C(c1nc(N2CCN(C(=O)N3N=CCC3c3ccccc3)CC2)ncc1I)N1CCCCCC1. The molecule has 0 radical (unpaired) electrons. The van der Waals surface area contributed by atoms with Gasteiger partial charge in [-0.3, -0.25) is 4.79 Å². The van der Waals surface area contributed by atoms with E-state index in [0.29, 0.717) is 37.8 Å². The zero-order chi connectivity index (χ0) is 24.2. The second-order valence-electron chi connectivity index (χ2n) is 9.13. The fourth-order valence-corrected chi connectivity index (χ4v) is 5.37. The Morgan fingerprint density at radius 1 is 0.886 bits per heavy atom.